The van der Waals surface area contributed by atoms with Crippen LogP contribution in [0.4, 0.5) is 10.5 Å². The van der Waals surface area contributed by atoms with Crippen LogP contribution in [-0.4, -0.2) is 49.0 Å². The third kappa shape index (κ3) is 6.81. The zero-order valence-electron chi connectivity index (χ0n) is 19.5. The van der Waals surface area contributed by atoms with E-state index < -0.39 is 12.0 Å². The van der Waals surface area contributed by atoms with Crippen molar-refractivity contribution in [2.45, 2.75) is 39.2 Å². The topological polar surface area (TPSA) is 87.7 Å². The normalized spacial score (nSPS) is 15.1. The first kappa shape index (κ1) is 24.3. The monoisotopic (exact) mass is 451 g/mol. The third-order valence-electron chi connectivity index (χ3n) is 5.90. The zero-order chi connectivity index (χ0) is 23.8. The molecule has 33 heavy (non-hydrogen) atoms. The lowest BCUT2D eigenvalue weighted by Gasteiger charge is -2.32. The van der Waals surface area contributed by atoms with Crippen molar-refractivity contribution in [3.8, 4) is 11.1 Å². The van der Waals surface area contributed by atoms with E-state index in [1.807, 2.05) is 68.4 Å². The van der Waals surface area contributed by atoms with Gasteiger partial charge in [0.05, 0.1) is 7.11 Å². The smallest absolute Gasteiger partial charge is 0.328 e. The van der Waals surface area contributed by atoms with E-state index in [4.69, 9.17) is 4.74 Å². The number of rotatable bonds is 7. The van der Waals surface area contributed by atoms with E-state index in [9.17, 15) is 14.4 Å². The minimum Gasteiger partial charge on any atom is -0.467 e. The summed E-state index contributed by atoms with van der Waals surface area (Å²) in [6.45, 7) is 4.90. The molecule has 0 aliphatic carbocycles. The molecule has 2 N–H and O–H groups in total. The van der Waals surface area contributed by atoms with Gasteiger partial charge in [0.15, 0.2) is 0 Å². The van der Waals surface area contributed by atoms with Crippen LogP contribution in [0.3, 0.4) is 0 Å². The van der Waals surface area contributed by atoms with E-state index in [0.29, 0.717) is 32.4 Å². The number of nitrogens with one attached hydrogen (secondary N) is 2. The van der Waals surface area contributed by atoms with Crippen LogP contribution in [0.2, 0.25) is 0 Å². The maximum Gasteiger partial charge on any atom is 0.328 e. The summed E-state index contributed by atoms with van der Waals surface area (Å²) in [5, 5.41) is 5.77. The summed E-state index contributed by atoms with van der Waals surface area (Å²) in [4.78, 5) is 39.0. The van der Waals surface area contributed by atoms with Crippen molar-refractivity contribution in [3.05, 3.63) is 54.6 Å². The number of amides is 3. The average molecular weight is 452 g/mol. The van der Waals surface area contributed by atoms with Crippen LogP contribution in [0.15, 0.2) is 54.6 Å². The molecule has 0 saturated carbocycles. The summed E-state index contributed by atoms with van der Waals surface area (Å²) >= 11 is 0. The molecule has 1 aliphatic heterocycles. The Labute approximate surface area is 195 Å². The molecule has 0 bridgehead atoms. The van der Waals surface area contributed by atoms with Crippen molar-refractivity contribution in [2.24, 2.45) is 11.8 Å². The first-order valence-electron chi connectivity index (χ1n) is 11.5. The van der Waals surface area contributed by atoms with Gasteiger partial charge < -0.3 is 20.3 Å². The van der Waals surface area contributed by atoms with E-state index >= 15 is 0 Å². The molecule has 1 fully saturated rings. The lowest BCUT2D eigenvalue weighted by molar-refractivity contribution is -0.143. The maximum absolute atomic E-state index is 12.7. The number of methoxy groups -OCH3 is 1. The minimum atomic E-state index is -0.664. The molecule has 0 radical (unpaired) electrons. The standard InChI is InChI=1S/C26H33N3O4/c1-18(2)17-23(25(31)33-3)28-26(32)29-15-13-21(14-16-29)24(30)27-22-11-9-20(10-12-22)19-7-5-4-6-8-19/h4-12,18,21,23H,13-17H2,1-3H3,(H,27,30)(H,28,32)/t23-/m0/s1. The first-order valence-corrected chi connectivity index (χ1v) is 11.5. The summed E-state index contributed by atoms with van der Waals surface area (Å²) in [5.74, 6) is -0.389. The molecule has 7 heteroatoms. The number of piperidine rings is 1. The van der Waals surface area contributed by atoms with Crippen LogP contribution < -0.4 is 10.6 Å². The van der Waals surface area contributed by atoms with E-state index in [0.717, 1.165) is 16.8 Å². The van der Waals surface area contributed by atoms with Crippen molar-refractivity contribution >= 4 is 23.6 Å². The third-order valence-corrected chi connectivity index (χ3v) is 5.90. The van der Waals surface area contributed by atoms with E-state index in [1.54, 1.807) is 4.90 Å². The summed E-state index contributed by atoms with van der Waals surface area (Å²) in [6, 6.07) is 16.9. The Balaban J connectivity index is 1.49. The van der Waals surface area contributed by atoms with Gasteiger partial charge >= 0.3 is 12.0 Å². The van der Waals surface area contributed by atoms with Crippen LogP contribution in [0.5, 0.6) is 0 Å². The summed E-state index contributed by atoms with van der Waals surface area (Å²) in [6.07, 6.45) is 1.67. The first-order chi connectivity index (χ1) is 15.9. The van der Waals surface area contributed by atoms with E-state index in [-0.39, 0.29) is 23.8 Å². The highest BCUT2D eigenvalue weighted by Crippen LogP contribution is 2.23. The molecule has 0 unspecified atom stereocenters. The predicted molar refractivity (Wildman–Crippen MR) is 129 cm³/mol. The number of esters is 1. The average Bonchev–Trinajstić information content (AvgIpc) is 2.84. The van der Waals surface area contributed by atoms with Gasteiger partial charge in [-0.2, -0.15) is 0 Å². The van der Waals surface area contributed by atoms with Crippen molar-refractivity contribution < 1.29 is 19.1 Å². The second kappa shape index (κ2) is 11.5. The number of benzene rings is 2. The second-order valence-electron chi connectivity index (χ2n) is 8.85. The van der Waals surface area contributed by atoms with Gasteiger partial charge in [-0.15, -0.1) is 0 Å². The number of hydrogen-bond donors (Lipinski definition) is 2. The van der Waals surface area contributed by atoms with Gasteiger partial charge in [0.25, 0.3) is 0 Å². The van der Waals surface area contributed by atoms with E-state index in [2.05, 4.69) is 10.6 Å². The van der Waals surface area contributed by atoms with Gasteiger partial charge in [0, 0.05) is 24.7 Å². The lowest BCUT2D eigenvalue weighted by Crippen LogP contribution is -2.51. The molecule has 0 aromatic heterocycles. The van der Waals surface area contributed by atoms with Crippen LogP contribution in [0, 0.1) is 11.8 Å². The molecule has 1 saturated heterocycles. The SMILES string of the molecule is COC(=O)[C@H](CC(C)C)NC(=O)N1CCC(C(=O)Nc2ccc(-c3ccccc3)cc2)CC1. The van der Waals surface area contributed by atoms with Crippen molar-refractivity contribution in [1.82, 2.24) is 10.2 Å². The Hall–Kier alpha value is -3.35. The number of hydrogen-bond acceptors (Lipinski definition) is 4. The quantitative estimate of drug-likeness (QED) is 0.615. The van der Waals surface area contributed by atoms with Gasteiger partial charge in [-0.05, 0) is 48.4 Å². The molecule has 1 heterocycles. The zero-order valence-corrected chi connectivity index (χ0v) is 19.5. The Morgan fingerprint density at radius 3 is 2.15 bits per heavy atom. The number of anilines is 1. The van der Waals surface area contributed by atoms with Crippen LogP contribution in [0.25, 0.3) is 11.1 Å². The fraction of sp³-hybridized carbons (Fsp3) is 0.423. The Morgan fingerprint density at radius 1 is 0.970 bits per heavy atom. The molecule has 3 amide bonds. The number of carbonyl (C=O) groups excluding carboxylic acids is 3. The summed E-state index contributed by atoms with van der Waals surface area (Å²) in [7, 11) is 1.32. The predicted octanol–water partition coefficient (Wildman–Crippen LogP) is 4.30. The number of carbonyl (C=O) groups is 3. The minimum absolute atomic E-state index is 0.0326. The summed E-state index contributed by atoms with van der Waals surface area (Å²) < 4.78 is 4.81. The number of urea groups is 1. The van der Waals surface area contributed by atoms with Gasteiger partial charge in [0.2, 0.25) is 5.91 Å². The van der Waals surface area contributed by atoms with Crippen molar-refractivity contribution in [1.29, 1.82) is 0 Å². The van der Waals surface area contributed by atoms with E-state index in [1.165, 1.54) is 7.11 Å². The number of nitrogens with zero attached hydrogens (tertiary/aromatic N) is 1. The Kier molecular flexibility index (Phi) is 8.46. The molecule has 176 valence electrons. The van der Waals surface area contributed by atoms with Gasteiger partial charge in [-0.3, -0.25) is 4.79 Å². The highest BCUT2D eigenvalue weighted by Gasteiger charge is 2.30. The Morgan fingerprint density at radius 2 is 1.58 bits per heavy atom. The molecule has 1 aliphatic rings. The van der Waals surface area contributed by atoms with Crippen LogP contribution in [0.1, 0.15) is 33.1 Å². The second-order valence-corrected chi connectivity index (χ2v) is 8.85. The van der Waals surface area contributed by atoms with Gasteiger partial charge in [0.1, 0.15) is 6.04 Å². The van der Waals surface area contributed by atoms with Crippen LogP contribution in [-0.2, 0) is 14.3 Å². The van der Waals surface area contributed by atoms with Crippen molar-refractivity contribution in [2.75, 3.05) is 25.5 Å². The van der Waals surface area contributed by atoms with Crippen LogP contribution >= 0.6 is 0 Å². The fourth-order valence-electron chi connectivity index (χ4n) is 4.03. The molecule has 0 spiro atoms. The lowest BCUT2D eigenvalue weighted by atomic mass is 9.96. The molecular formula is C26H33N3O4. The molecule has 2 aromatic carbocycles. The largest absolute Gasteiger partial charge is 0.467 e. The fourth-order valence-corrected chi connectivity index (χ4v) is 4.03. The number of ether oxygens (including phenoxy) is 1. The maximum atomic E-state index is 12.7. The van der Waals surface area contributed by atoms with Crippen molar-refractivity contribution in [3.63, 3.8) is 0 Å². The number of likely N-dealkylation sites (tertiary alicyclic amines) is 1. The molecule has 7 nitrogen and oxygen atoms in total. The Bertz CT molecular complexity index is 936. The highest BCUT2D eigenvalue weighted by molar-refractivity contribution is 5.93. The molecule has 1 atom stereocenters. The van der Waals surface area contributed by atoms with Gasteiger partial charge in [-0.25, -0.2) is 9.59 Å². The summed E-state index contributed by atoms with van der Waals surface area (Å²) in [5.41, 5.74) is 2.98. The highest BCUT2D eigenvalue weighted by atomic mass is 16.5. The van der Waals surface area contributed by atoms with Gasteiger partial charge in [-0.1, -0.05) is 56.3 Å². The molecule has 2 aromatic rings. The molecular weight excluding hydrogens is 418 g/mol. The molecule has 3 rings (SSSR count).